The van der Waals surface area contributed by atoms with E-state index in [2.05, 4.69) is 20.4 Å². The molecular formula is C23H27FO3S. The third kappa shape index (κ3) is 2.51. The van der Waals surface area contributed by atoms with Crippen LogP contribution in [-0.4, -0.2) is 23.4 Å². The van der Waals surface area contributed by atoms with Crippen molar-refractivity contribution < 1.29 is 18.8 Å². The van der Waals surface area contributed by atoms with E-state index in [0.29, 0.717) is 22.7 Å². The maximum absolute atomic E-state index is 14.4. The predicted molar refractivity (Wildman–Crippen MR) is 108 cm³/mol. The number of thioether (sulfide) groups is 1. The average Bonchev–Trinajstić information content (AvgIpc) is 2.93. The van der Waals surface area contributed by atoms with Crippen LogP contribution in [0.1, 0.15) is 46.5 Å². The summed E-state index contributed by atoms with van der Waals surface area (Å²) in [6.45, 7) is 9.30. The molecule has 4 rings (SSSR count). The molecule has 28 heavy (non-hydrogen) atoms. The van der Waals surface area contributed by atoms with Gasteiger partial charge in [0.1, 0.15) is 5.78 Å². The molecule has 0 aliphatic heterocycles. The van der Waals surface area contributed by atoms with E-state index in [1.165, 1.54) is 6.92 Å². The predicted octanol–water partition coefficient (Wildman–Crippen LogP) is 4.83. The fraction of sp³-hybridized carbons (Fsp3) is 0.609. The van der Waals surface area contributed by atoms with Gasteiger partial charge in [-0.05, 0) is 66.0 Å². The summed E-state index contributed by atoms with van der Waals surface area (Å²) in [6, 6.07) is 0. The molecule has 0 amide bonds. The molecule has 3 saturated carbocycles. The second-order valence-corrected chi connectivity index (χ2v) is 10.5. The van der Waals surface area contributed by atoms with Crippen molar-refractivity contribution >= 4 is 28.4 Å². The number of hydrogen-bond donors (Lipinski definition) is 0. The maximum Gasteiger partial charge on any atom is 0.192 e. The minimum atomic E-state index is -0.545. The number of halogens is 1. The van der Waals surface area contributed by atoms with Crippen molar-refractivity contribution in [3.8, 4) is 0 Å². The van der Waals surface area contributed by atoms with Gasteiger partial charge in [0.05, 0.1) is 11.6 Å². The quantitative estimate of drug-likeness (QED) is 0.664. The van der Waals surface area contributed by atoms with Crippen molar-refractivity contribution in [2.75, 3.05) is 6.67 Å². The number of Topliss-reactive ketones (excluding diaryl/α,β-unsaturated/α-hetero) is 1. The Bertz CT molecular complexity index is 856. The molecule has 0 unspecified atom stereocenters. The van der Waals surface area contributed by atoms with E-state index in [1.54, 1.807) is 6.08 Å². The van der Waals surface area contributed by atoms with E-state index in [-0.39, 0.29) is 34.1 Å². The molecule has 0 aromatic heterocycles. The van der Waals surface area contributed by atoms with Crippen LogP contribution in [0.4, 0.5) is 4.39 Å². The van der Waals surface area contributed by atoms with Crippen molar-refractivity contribution in [3.63, 3.8) is 0 Å². The van der Waals surface area contributed by atoms with E-state index in [1.807, 2.05) is 6.08 Å². The second-order valence-electron chi connectivity index (χ2n) is 9.27. The monoisotopic (exact) mass is 402 g/mol. The molecular weight excluding hydrogens is 375 g/mol. The molecule has 0 bridgehead atoms. The van der Waals surface area contributed by atoms with Crippen molar-refractivity contribution in [1.29, 1.82) is 0 Å². The summed E-state index contributed by atoms with van der Waals surface area (Å²) in [7, 11) is 0. The lowest BCUT2D eigenvalue weighted by molar-refractivity contribution is -0.132. The van der Waals surface area contributed by atoms with Crippen LogP contribution in [0.5, 0.6) is 0 Å². The third-order valence-electron chi connectivity index (χ3n) is 8.03. The minimum absolute atomic E-state index is 0.0397. The molecule has 4 aliphatic rings. The van der Waals surface area contributed by atoms with E-state index in [0.717, 1.165) is 36.6 Å². The van der Waals surface area contributed by atoms with Gasteiger partial charge in [0.15, 0.2) is 10.9 Å². The largest absolute Gasteiger partial charge is 0.299 e. The second kappa shape index (κ2) is 6.51. The molecule has 0 N–H and O–H groups in total. The van der Waals surface area contributed by atoms with Crippen LogP contribution in [-0.2, 0) is 14.4 Å². The summed E-state index contributed by atoms with van der Waals surface area (Å²) in [5.74, 6) is 0.0620. The highest BCUT2D eigenvalue weighted by atomic mass is 32.2. The number of hydrogen-bond acceptors (Lipinski definition) is 4. The highest BCUT2D eigenvalue weighted by Crippen LogP contribution is 2.67. The Morgan fingerprint density at radius 2 is 2.00 bits per heavy atom. The number of ketones is 2. The summed E-state index contributed by atoms with van der Waals surface area (Å²) in [6.07, 6.45) is 6.54. The summed E-state index contributed by atoms with van der Waals surface area (Å²) in [5, 5.41) is -0.155. The first-order valence-corrected chi connectivity index (χ1v) is 10.9. The van der Waals surface area contributed by atoms with Crippen LogP contribution in [0.15, 0.2) is 34.8 Å². The van der Waals surface area contributed by atoms with Gasteiger partial charge >= 0.3 is 0 Å². The Hall–Kier alpha value is -1.49. The Labute approximate surface area is 169 Å². The molecule has 150 valence electrons. The normalized spacial score (nSPS) is 42.4. The fourth-order valence-corrected chi connectivity index (χ4v) is 7.57. The van der Waals surface area contributed by atoms with Crippen LogP contribution in [0.25, 0.3) is 0 Å². The van der Waals surface area contributed by atoms with Crippen LogP contribution in [0.3, 0.4) is 0 Å². The van der Waals surface area contributed by atoms with Crippen molar-refractivity contribution in [1.82, 2.24) is 0 Å². The van der Waals surface area contributed by atoms with E-state index in [9.17, 15) is 18.8 Å². The Morgan fingerprint density at radius 3 is 2.64 bits per heavy atom. The van der Waals surface area contributed by atoms with E-state index in [4.69, 9.17) is 0 Å². The van der Waals surface area contributed by atoms with Gasteiger partial charge in [0.2, 0.25) is 0 Å². The van der Waals surface area contributed by atoms with Crippen LogP contribution >= 0.6 is 11.8 Å². The van der Waals surface area contributed by atoms with Gasteiger partial charge in [0, 0.05) is 30.1 Å². The number of carbonyl (C=O) groups excluding carboxylic acids is 3. The van der Waals surface area contributed by atoms with Gasteiger partial charge in [0.25, 0.3) is 0 Å². The lowest BCUT2D eigenvalue weighted by Crippen LogP contribution is -2.54. The molecule has 0 saturated heterocycles. The van der Waals surface area contributed by atoms with Gasteiger partial charge in [-0.25, -0.2) is 0 Å². The number of alkyl halides is 1. The zero-order chi connectivity index (χ0) is 20.4. The SMILES string of the molecule is C=C1C2=C(SC(C)=O)C(=O)C=C[C@]2(C)[C@H]2CC[C@]3(C)C(=O)CC[C@H]3[C@@H]2[C@@H]1CF. The van der Waals surface area contributed by atoms with Gasteiger partial charge in [-0.2, -0.15) is 0 Å². The van der Waals surface area contributed by atoms with Crippen molar-refractivity contribution in [2.45, 2.75) is 46.5 Å². The fourth-order valence-electron chi connectivity index (χ4n) is 6.66. The first-order chi connectivity index (χ1) is 13.1. The van der Waals surface area contributed by atoms with Crippen molar-refractivity contribution in [2.24, 2.45) is 34.5 Å². The Kier molecular flexibility index (Phi) is 4.61. The zero-order valence-corrected chi connectivity index (χ0v) is 17.5. The molecule has 0 heterocycles. The molecule has 3 fully saturated rings. The Morgan fingerprint density at radius 1 is 1.29 bits per heavy atom. The smallest absolute Gasteiger partial charge is 0.192 e. The number of allylic oxidation sites excluding steroid dienone is 5. The number of rotatable bonds is 2. The standard InChI is InChI=1S/C23H27FO3S/c1-12-14(11-24)19-15-5-6-18(27)22(15,3)9-7-16(19)23(4)10-8-17(26)21(20(12)23)28-13(2)25/h8,10,14-16,19H,1,5-7,9,11H2,2-4H3/t14-,15+,16+,19+,22+,23-/m1/s1. The molecule has 0 radical (unpaired) electrons. The lowest BCUT2D eigenvalue weighted by atomic mass is 9.45. The first-order valence-electron chi connectivity index (χ1n) is 10.1. The van der Waals surface area contributed by atoms with Crippen LogP contribution in [0.2, 0.25) is 0 Å². The van der Waals surface area contributed by atoms with E-state index >= 15 is 0 Å². The van der Waals surface area contributed by atoms with Crippen LogP contribution < -0.4 is 0 Å². The molecule has 0 spiro atoms. The first kappa shape index (κ1) is 19.8. The molecule has 5 heteroatoms. The third-order valence-corrected chi connectivity index (χ3v) is 8.92. The van der Waals surface area contributed by atoms with Gasteiger partial charge in [-0.15, -0.1) is 0 Å². The highest BCUT2D eigenvalue weighted by molar-refractivity contribution is 8.17. The molecule has 4 aliphatic carbocycles. The molecule has 3 nitrogen and oxygen atoms in total. The van der Waals surface area contributed by atoms with Gasteiger partial charge < -0.3 is 0 Å². The van der Waals surface area contributed by atoms with Crippen molar-refractivity contribution in [3.05, 3.63) is 34.8 Å². The summed E-state index contributed by atoms with van der Waals surface area (Å²) in [5.41, 5.74) is 0.595. The minimum Gasteiger partial charge on any atom is -0.299 e. The molecule has 0 aromatic rings. The zero-order valence-electron chi connectivity index (χ0n) is 16.7. The number of carbonyl (C=O) groups is 3. The summed E-state index contributed by atoms with van der Waals surface area (Å²) >= 11 is 0.945. The Balaban J connectivity index is 1.88. The average molecular weight is 403 g/mol. The van der Waals surface area contributed by atoms with Crippen LogP contribution in [0, 0.1) is 34.5 Å². The van der Waals surface area contributed by atoms with E-state index < -0.39 is 18.0 Å². The summed E-state index contributed by atoms with van der Waals surface area (Å²) < 4.78 is 14.4. The summed E-state index contributed by atoms with van der Waals surface area (Å²) in [4.78, 5) is 37.5. The van der Waals surface area contributed by atoms with Gasteiger partial charge in [-0.3, -0.25) is 18.8 Å². The molecule has 6 atom stereocenters. The lowest BCUT2D eigenvalue weighted by Gasteiger charge is -2.58. The van der Waals surface area contributed by atoms with Gasteiger partial charge in [-0.1, -0.05) is 26.5 Å². The highest BCUT2D eigenvalue weighted by Gasteiger charge is 2.62. The molecule has 0 aromatic carbocycles. The topological polar surface area (TPSA) is 51.2 Å². The maximum atomic E-state index is 14.4. The number of fused-ring (bicyclic) bond motifs is 5.